The molecular formula is C26H36N2O3. The van der Waals surface area contributed by atoms with E-state index >= 15 is 0 Å². The van der Waals surface area contributed by atoms with E-state index in [-0.39, 0.29) is 34.4 Å². The van der Waals surface area contributed by atoms with Crippen LogP contribution in [0, 0.1) is 45.8 Å². The van der Waals surface area contributed by atoms with Crippen molar-refractivity contribution in [3.05, 3.63) is 11.6 Å². The van der Waals surface area contributed by atoms with Crippen molar-refractivity contribution in [2.45, 2.75) is 84.8 Å². The molecule has 0 spiro atoms. The van der Waals surface area contributed by atoms with Gasteiger partial charge < -0.3 is 4.74 Å². The zero-order valence-electron chi connectivity index (χ0n) is 19.4. The molecule has 10 atom stereocenters. The highest BCUT2D eigenvalue weighted by Gasteiger charge is 2.80. The number of carbonyl (C=O) groups excluding carboxylic acids is 2. The highest BCUT2D eigenvalue weighted by atomic mass is 16.5. The largest absolute Gasteiger partial charge is 0.462 e. The van der Waals surface area contributed by atoms with E-state index in [1.54, 1.807) is 0 Å². The smallest absolute Gasteiger partial charge is 0.302 e. The fraction of sp³-hybridized carbons (Fsp3) is 0.846. The van der Waals surface area contributed by atoms with Crippen LogP contribution in [0.25, 0.3) is 0 Å². The topological polar surface area (TPSA) is 68.1 Å². The molecule has 0 amide bonds. The van der Waals surface area contributed by atoms with Crippen molar-refractivity contribution in [2.75, 3.05) is 6.54 Å². The van der Waals surface area contributed by atoms with Crippen LogP contribution in [0.1, 0.15) is 72.6 Å². The highest BCUT2D eigenvalue weighted by molar-refractivity contribution is 5.87. The average molecular weight is 425 g/mol. The normalized spacial score (nSPS) is 53.8. The second kappa shape index (κ2) is 6.29. The van der Waals surface area contributed by atoms with E-state index < -0.39 is 0 Å². The summed E-state index contributed by atoms with van der Waals surface area (Å²) in [5.74, 6) is 3.18. The van der Waals surface area contributed by atoms with Gasteiger partial charge in [-0.3, -0.25) is 9.59 Å². The van der Waals surface area contributed by atoms with Crippen LogP contribution in [-0.4, -0.2) is 30.4 Å². The van der Waals surface area contributed by atoms with Gasteiger partial charge in [0.2, 0.25) is 0 Å². The Morgan fingerprint density at radius 3 is 2.61 bits per heavy atom. The third kappa shape index (κ3) is 2.24. The van der Waals surface area contributed by atoms with Crippen molar-refractivity contribution in [2.24, 2.45) is 56.1 Å². The third-order valence-electron chi connectivity index (χ3n) is 11.3. The zero-order valence-corrected chi connectivity index (χ0v) is 19.4. The molecule has 10 unspecified atom stereocenters. The van der Waals surface area contributed by atoms with Gasteiger partial charge in [-0.25, -0.2) is 0 Å². The second-order valence-corrected chi connectivity index (χ2v) is 12.0. The van der Waals surface area contributed by atoms with Crippen LogP contribution in [0.4, 0.5) is 0 Å². The molecule has 0 aromatic heterocycles. The van der Waals surface area contributed by atoms with Crippen molar-refractivity contribution in [1.29, 1.82) is 0 Å². The predicted molar refractivity (Wildman–Crippen MR) is 116 cm³/mol. The van der Waals surface area contributed by atoms with Crippen molar-refractivity contribution in [1.82, 2.24) is 0 Å². The number of fused-ring (bicyclic) bond motifs is 10. The van der Waals surface area contributed by atoms with E-state index in [1.807, 2.05) is 6.92 Å². The van der Waals surface area contributed by atoms with Gasteiger partial charge in [-0.2, -0.15) is 10.2 Å². The lowest BCUT2D eigenvalue weighted by atomic mass is 9.40. The summed E-state index contributed by atoms with van der Waals surface area (Å²) in [5, 5.41) is 9.03. The summed E-state index contributed by atoms with van der Waals surface area (Å²) < 4.78 is 5.59. The zero-order chi connectivity index (χ0) is 21.8. The summed E-state index contributed by atoms with van der Waals surface area (Å²) in [6, 6.07) is 0.144. The van der Waals surface area contributed by atoms with Crippen LogP contribution in [0.5, 0.6) is 0 Å². The first-order valence-electron chi connectivity index (χ1n) is 12.5. The number of azo groups is 1. The maximum Gasteiger partial charge on any atom is 0.302 e. The molecule has 31 heavy (non-hydrogen) atoms. The molecule has 0 aromatic rings. The number of rotatable bonds is 2. The van der Waals surface area contributed by atoms with Gasteiger partial charge in [0.15, 0.2) is 0 Å². The third-order valence-corrected chi connectivity index (χ3v) is 11.3. The van der Waals surface area contributed by atoms with Crippen LogP contribution in [0.3, 0.4) is 0 Å². The van der Waals surface area contributed by atoms with E-state index in [9.17, 15) is 9.59 Å². The molecule has 0 radical (unpaired) electrons. The average Bonchev–Trinajstić information content (AvgIpc) is 3.21. The second-order valence-electron chi connectivity index (χ2n) is 12.0. The Labute approximate surface area is 185 Å². The Balaban J connectivity index is 1.34. The first-order chi connectivity index (χ1) is 14.7. The number of esters is 1. The summed E-state index contributed by atoms with van der Waals surface area (Å²) in [6.07, 6.45) is 10.2. The van der Waals surface area contributed by atoms with E-state index in [0.29, 0.717) is 35.4 Å². The molecule has 168 valence electrons. The van der Waals surface area contributed by atoms with Gasteiger partial charge in [0.25, 0.3) is 0 Å². The van der Waals surface area contributed by atoms with Crippen molar-refractivity contribution in [3.63, 3.8) is 0 Å². The molecule has 5 heteroatoms. The fourth-order valence-electron chi connectivity index (χ4n) is 10.1. The number of ketones is 1. The molecule has 5 nitrogen and oxygen atoms in total. The summed E-state index contributed by atoms with van der Waals surface area (Å²) >= 11 is 0. The Morgan fingerprint density at radius 2 is 1.87 bits per heavy atom. The van der Waals surface area contributed by atoms with E-state index in [4.69, 9.17) is 4.74 Å². The Bertz CT molecular complexity index is 910. The van der Waals surface area contributed by atoms with Crippen LogP contribution in [-0.2, 0) is 14.3 Å². The van der Waals surface area contributed by atoms with E-state index in [1.165, 1.54) is 25.3 Å². The maximum absolute atomic E-state index is 13.3. The van der Waals surface area contributed by atoms with Crippen LogP contribution >= 0.6 is 0 Å². The Kier molecular flexibility index (Phi) is 4.08. The van der Waals surface area contributed by atoms with Gasteiger partial charge in [-0.1, -0.05) is 25.5 Å². The molecule has 1 aliphatic heterocycles. The Hall–Kier alpha value is -1.52. The SMILES string of the molecule is CC(=O)OC1CCC2(C)C(=CCC3C2CCC2(C)C3CC3C4CN=NC4C32C(C)=O)C1. The minimum Gasteiger partial charge on any atom is -0.462 e. The van der Waals surface area contributed by atoms with Crippen molar-refractivity contribution in [3.8, 4) is 0 Å². The number of nitrogens with zero attached hydrogens (tertiary/aromatic N) is 2. The summed E-state index contributed by atoms with van der Waals surface area (Å²) in [5.41, 5.74) is 1.56. The van der Waals surface area contributed by atoms with Gasteiger partial charge in [0.1, 0.15) is 11.9 Å². The highest BCUT2D eigenvalue weighted by Crippen LogP contribution is 2.78. The van der Waals surface area contributed by atoms with Crippen molar-refractivity contribution < 1.29 is 14.3 Å². The van der Waals surface area contributed by atoms with Crippen LogP contribution in [0.15, 0.2) is 21.9 Å². The standard InChI is InChI=1S/C26H36N2O3/c1-14(29)26-22(19-13-27-28-23(19)26)12-21-18-6-5-16-11-17(31-15(2)30)7-9-24(16,3)20(18)8-10-25(21,26)4/h5,17-23H,6-13H2,1-4H3. The molecular weight excluding hydrogens is 388 g/mol. The fourth-order valence-corrected chi connectivity index (χ4v) is 10.1. The molecule has 0 aromatic carbocycles. The van der Waals surface area contributed by atoms with Gasteiger partial charge >= 0.3 is 5.97 Å². The lowest BCUT2D eigenvalue weighted by molar-refractivity contribution is -0.169. The lowest BCUT2D eigenvalue weighted by Crippen LogP contribution is -2.67. The number of Topliss-reactive ketones (excluding diaryl/α,β-unsaturated/α-hetero) is 1. The number of hydrogen-bond acceptors (Lipinski definition) is 5. The maximum atomic E-state index is 13.3. The molecule has 4 saturated carbocycles. The minimum absolute atomic E-state index is 0.0512. The summed E-state index contributed by atoms with van der Waals surface area (Å²) in [7, 11) is 0. The van der Waals surface area contributed by atoms with E-state index in [0.717, 1.165) is 38.6 Å². The van der Waals surface area contributed by atoms with Gasteiger partial charge in [-0.05, 0) is 80.0 Å². The molecule has 6 rings (SSSR count). The minimum atomic E-state index is -0.259. The molecule has 0 bridgehead atoms. The molecule has 4 fully saturated rings. The number of carbonyl (C=O) groups is 2. The van der Waals surface area contributed by atoms with Gasteiger partial charge in [-0.15, -0.1) is 0 Å². The molecule has 6 aliphatic rings. The molecule has 5 aliphatic carbocycles. The first kappa shape index (κ1) is 20.1. The summed E-state index contributed by atoms with van der Waals surface area (Å²) in [6.45, 7) is 9.12. The summed E-state index contributed by atoms with van der Waals surface area (Å²) in [4.78, 5) is 24.7. The number of ether oxygens (including phenoxy) is 1. The Morgan fingerprint density at radius 1 is 1.06 bits per heavy atom. The van der Waals surface area contributed by atoms with Crippen LogP contribution < -0.4 is 0 Å². The number of allylic oxidation sites excluding steroid dienone is 1. The van der Waals surface area contributed by atoms with Gasteiger partial charge in [0, 0.05) is 19.3 Å². The van der Waals surface area contributed by atoms with Crippen molar-refractivity contribution >= 4 is 11.8 Å². The number of hydrogen-bond donors (Lipinski definition) is 0. The first-order valence-corrected chi connectivity index (χ1v) is 12.5. The van der Waals surface area contributed by atoms with E-state index in [2.05, 4.69) is 30.2 Å². The molecule has 0 saturated heterocycles. The van der Waals surface area contributed by atoms with Crippen LogP contribution in [0.2, 0.25) is 0 Å². The monoisotopic (exact) mass is 424 g/mol. The molecule has 0 N–H and O–H groups in total. The molecule has 1 heterocycles. The lowest BCUT2D eigenvalue weighted by Gasteiger charge is -2.63. The predicted octanol–water partition coefficient (Wildman–Crippen LogP) is 5.15. The quantitative estimate of drug-likeness (QED) is 0.455. The van der Waals surface area contributed by atoms with Gasteiger partial charge in [0.05, 0.1) is 18.0 Å².